The van der Waals surface area contributed by atoms with Gasteiger partial charge in [-0.3, -0.25) is 5.84 Å². The van der Waals surface area contributed by atoms with Gasteiger partial charge in [-0.05, 0) is 19.1 Å². The van der Waals surface area contributed by atoms with Crippen molar-refractivity contribution in [1.82, 2.24) is 24.9 Å². The molecule has 2 aromatic heterocycles. The summed E-state index contributed by atoms with van der Waals surface area (Å²) in [6.07, 6.45) is 4.21. The van der Waals surface area contributed by atoms with Crippen LogP contribution in [0, 0.1) is 0 Å². The average Bonchev–Trinajstić information content (AvgIpc) is 3.11. The van der Waals surface area contributed by atoms with Crippen molar-refractivity contribution in [2.75, 3.05) is 0 Å². The summed E-state index contributed by atoms with van der Waals surface area (Å²) >= 11 is 0. The van der Waals surface area contributed by atoms with Crippen LogP contribution in [0.25, 0.3) is 11.0 Å². The standard InChI is InChI=1S/C14H18N6/c1-2-20-12-6-4-3-5-10(12)18-13(20)9-11(19-15)14-16-7-8-17-14/h3-8,11,19H,2,9,15H2,1H3,(H,16,17). The van der Waals surface area contributed by atoms with Crippen LogP contribution in [0.15, 0.2) is 36.7 Å². The summed E-state index contributed by atoms with van der Waals surface area (Å²) in [6, 6.07) is 8.08. The highest BCUT2D eigenvalue weighted by atomic mass is 15.3. The second-order valence-corrected chi connectivity index (χ2v) is 4.66. The van der Waals surface area contributed by atoms with E-state index in [9.17, 15) is 0 Å². The molecule has 1 unspecified atom stereocenters. The van der Waals surface area contributed by atoms with Crippen LogP contribution in [0.5, 0.6) is 0 Å². The number of hydrogen-bond acceptors (Lipinski definition) is 4. The Morgan fingerprint density at radius 1 is 1.40 bits per heavy atom. The number of aromatic nitrogens is 4. The van der Waals surface area contributed by atoms with E-state index < -0.39 is 0 Å². The van der Waals surface area contributed by atoms with E-state index in [1.165, 1.54) is 0 Å². The van der Waals surface area contributed by atoms with Gasteiger partial charge in [0.25, 0.3) is 0 Å². The van der Waals surface area contributed by atoms with Gasteiger partial charge in [0.05, 0.1) is 17.1 Å². The van der Waals surface area contributed by atoms with Gasteiger partial charge in [-0.2, -0.15) is 0 Å². The maximum Gasteiger partial charge on any atom is 0.125 e. The molecule has 0 aliphatic carbocycles. The second-order valence-electron chi connectivity index (χ2n) is 4.66. The molecule has 0 aliphatic heterocycles. The number of nitrogens with zero attached hydrogens (tertiary/aromatic N) is 3. The Bertz CT molecular complexity index is 685. The number of H-pyrrole nitrogens is 1. The normalized spacial score (nSPS) is 12.9. The van der Waals surface area contributed by atoms with Crippen molar-refractivity contribution < 1.29 is 0 Å². The summed E-state index contributed by atoms with van der Waals surface area (Å²) in [5.74, 6) is 7.48. The summed E-state index contributed by atoms with van der Waals surface area (Å²) in [6.45, 7) is 3.00. The monoisotopic (exact) mass is 270 g/mol. The first-order chi connectivity index (χ1) is 9.83. The van der Waals surface area contributed by atoms with Gasteiger partial charge in [0.15, 0.2) is 0 Å². The van der Waals surface area contributed by atoms with Crippen molar-refractivity contribution in [1.29, 1.82) is 0 Å². The van der Waals surface area contributed by atoms with Crippen molar-refractivity contribution in [3.63, 3.8) is 0 Å². The first-order valence-electron chi connectivity index (χ1n) is 6.73. The van der Waals surface area contributed by atoms with E-state index in [2.05, 4.69) is 33.0 Å². The molecule has 6 heteroatoms. The Kier molecular flexibility index (Phi) is 3.49. The first kappa shape index (κ1) is 12.8. The molecule has 6 nitrogen and oxygen atoms in total. The third-order valence-electron chi connectivity index (χ3n) is 3.49. The van der Waals surface area contributed by atoms with Crippen LogP contribution in [0.3, 0.4) is 0 Å². The van der Waals surface area contributed by atoms with E-state index >= 15 is 0 Å². The Morgan fingerprint density at radius 3 is 2.95 bits per heavy atom. The third-order valence-corrected chi connectivity index (χ3v) is 3.49. The molecule has 4 N–H and O–H groups in total. The number of nitrogens with one attached hydrogen (secondary N) is 2. The molecular weight excluding hydrogens is 252 g/mol. The minimum Gasteiger partial charge on any atom is -0.347 e. The van der Waals surface area contributed by atoms with E-state index in [1.807, 2.05) is 18.2 Å². The number of rotatable bonds is 5. The smallest absolute Gasteiger partial charge is 0.125 e. The minimum atomic E-state index is -0.0767. The number of para-hydroxylation sites is 2. The predicted octanol–water partition coefficient (Wildman–Crippen LogP) is 1.53. The molecule has 0 saturated carbocycles. The number of fused-ring (bicyclic) bond motifs is 1. The van der Waals surface area contributed by atoms with Crippen molar-refractivity contribution in [3.8, 4) is 0 Å². The number of aryl methyl sites for hydroxylation is 1. The zero-order valence-electron chi connectivity index (χ0n) is 11.4. The van der Waals surface area contributed by atoms with Crippen LogP contribution < -0.4 is 11.3 Å². The van der Waals surface area contributed by atoms with Crippen LogP contribution in [0.1, 0.15) is 24.6 Å². The summed E-state index contributed by atoms with van der Waals surface area (Å²) in [7, 11) is 0. The van der Waals surface area contributed by atoms with Gasteiger partial charge in [0.1, 0.15) is 11.6 Å². The van der Waals surface area contributed by atoms with Crippen LogP contribution in [0.4, 0.5) is 0 Å². The second kappa shape index (κ2) is 5.44. The van der Waals surface area contributed by atoms with E-state index in [0.717, 1.165) is 29.2 Å². The fourth-order valence-electron chi connectivity index (χ4n) is 2.52. The van der Waals surface area contributed by atoms with Crippen LogP contribution >= 0.6 is 0 Å². The number of hydrazine groups is 1. The van der Waals surface area contributed by atoms with Gasteiger partial charge in [0, 0.05) is 25.4 Å². The number of hydrogen-bond donors (Lipinski definition) is 3. The highest BCUT2D eigenvalue weighted by Crippen LogP contribution is 2.20. The van der Waals surface area contributed by atoms with Crippen molar-refractivity contribution in [2.45, 2.75) is 25.9 Å². The summed E-state index contributed by atoms with van der Waals surface area (Å²) in [5.41, 5.74) is 4.97. The molecule has 20 heavy (non-hydrogen) atoms. The van der Waals surface area contributed by atoms with E-state index in [-0.39, 0.29) is 6.04 Å². The maximum absolute atomic E-state index is 5.65. The quantitative estimate of drug-likeness (QED) is 0.485. The van der Waals surface area contributed by atoms with E-state index in [1.54, 1.807) is 12.4 Å². The number of imidazole rings is 2. The summed E-state index contributed by atoms with van der Waals surface area (Å²) in [5, 5.41) is 0. The van der Waals surface area contributed by atoms with Crippen molar-refractivity contribution in [3.05, 3.63) is 48.3 Å². The van der Waals surface area contributed by atoms with Gasteiger partial charge in [-0.1, -0.05) is 12.1 Å². The number of nitrogens with two attached hydrogens (primary N) is 1. The van der Waals surface area contributed by atoms with Gasteiger partial charge >= 0.3 is 0 Å². The predicted molar refractivity (Wildman–Crippen MR) is 77.8 cm³/mol. The zero-order valence-corrected chi connectivity index (χ0v) is 11.4. The fourth-order valence-corrected chi connectivity index (χ4v) is 2.52. The van der Waals surface area contributed by atoms with Crippen molar-refractivity contribution in [2.24, 2.45) is 5.84 Å². The third kappa shape index (κ3) is 2.19. The first-order valence-corrected chi connectivity index (χ1v) is 6.73. The molecule has 0 saturated heterocycles. The molecule has 0 radical (unpaired) electrons. The molecule has 2 heterocycles. The lowest BCUT2D eigenvalue weighted by atomic mass is 10.2. The molecule has 1 atom stereocenters. The molecular formula is C14H18N6. The van der Waals surface area contributed by atoms with E-state index in [4.69, 9.17) is 10.8 Å². The molecule has 0 spiro atoms. The van der Waals surface area contributed by atoms with Gasteiger partial charge in [-0.25, -0.2) is 15.4 Å². The van der Waals surface area contributed by atoms with Crippen LogP contribution in [-0.2, 0) is 13.0 Å². The lowest BCUT2D eigenvalue weighted by Gasteiger charge is -2.14. The molecule has 0 aliphatic rings. The molecule has 3 rings (SSSR count). The van der Waals surface area contributed by atoms with Gasteiger partial charge in [-0.15, -0.1) is 0 Å². The largest absolute Gasteiger partial charge is 0.347 e. The minimum absolute atomic E-state index is 0.0767. The SMILES string of the molecule is CCn1c(CC(NN)c2ncc[nH]2)nc2ccccc21. The molecule has 0 bridgehead atoms. The molecule has 104 valence electrons. The summed E-state index contributed by atoms with van der Waals surface area (Å²) < 4.78 is 2.21. The van der Waals surface area contributed by atoms with E-state index in [0.29, 0.717) is 6.42 Å². The topological polar surface area (TPSA) is 84.5 Å². The Hall–Kier alpha value is -2.18. The van der Waals surface area contributed by atoms with Gasteiger partial charge in [0.2, 0.25) is 0 Å². The highest BCUT2D eigenvalue weighted by molar-refractivity contribution is 5.75. The van der Waals surface area contributed by atoms with Crippen LogP contribution in [-0.4, -0.2) is 19.5 Å². The zero-order chi connectivity index (χ0) is 13.9. The highest BCUT2D eigenvalue weighted by Gasteiger charge is 2.17. The Labute approximate surface area is 117 Å². The molecule has 1 aromatic carbocycles. The Morgan fingerprint density at radius 2 is 2.25 bits per heavy atom. The maximum atomic E-state index is 5.65. The Balaban J connectivity index is 1.97. The fraction of sp³-hybridized carbons (Fsp3) is 0.286. The number of aromatic amines is 1. The number of benzene rings is 1. The molecule has 0 amide bonds. The lowest BCUT2D eigenvalue weighted by molar-refractivity contribution is 0.505. The molecule has 0 fully saturated rings. The molecule has 3 aromatic rings. The lowest BCUT2D eigenvalue weighted by Crippen LogP contribution is -2.31. The average molecular weight is 270 g/mol. The summed E-state index contributed by atoms with van der Waals surface area (Å²) in [4.78, 5) is 12.1. The van der Waals surface area contributed by atoms with Crippen LogP contribution in [0.2, 0.25) is 0 Å². The van der Waals surface area contributed by atoms with Crippen molar-refractivity contribution >= 4 is 11.0 Å². The van der Waals surface area contributed by atoms with Gasteiger partial charge < -0.3 is 9.55 Å².